The van der Waals surface area contributed by atoms with E-state index in [1.807, 2.05) is 76.2 Å². The Hall–Kier alpha value is -3.97. The number of rotatable bonds is 7. The molecule has 0 aliphatic carbocycles. The van der Waals surface area contributed by atoms with Crippen LogP contribution in [0.4, 0.5) is 0 Å². The molecular formula is C31H32ClNO6. The van der Waals surface area contributed by atoms with Crippen molar-refractivity contribution in [3.8, 4) is 17.2 Å². The van der Waals surface area contributed by atoms with Gasteiger partial charge in [0.1, 0.15) is 28.6 Å². The third-order valence-electron chi connectivity index (χ3n) is 6.36. The second-order valence-electron chi connectivity index (χ2n) is 10.4. The maximum atomic E-state index is 13.6. The first-order valence-electron chi connectivity index (χ1n) is 12.5. The monoisotopic (exact) mass is 549 g/mol. The van der Waals surface area contributed by atoms with Crippen molar-refractivity contribution in [2.75, 3.05) is 14.2 Å². The van der Waals surface area contributed by atoms with Crippen LogP contribution >= 0.6 is 11.6 Å². The zero-order chi connectivity index (χ0) is 28.5. The minimum atomic E-state index is -0.862. The van der Waals surface area contributed by atoms with Gasteiger partial charge in [0.25, 0.3) is 11.7 Å². The number of carbonyl (C=O) groups is 2. The number of hydrogen-bond acceptors (Lipinski definition) is 6. The molecule has 39 heavy (non-hydrogen) atoms. The van der Waals surface area contributed by atoms with E-state index < -0.39 is 23.3 Å². The lowest BCUT2D eigenvalue weighted by Crippen LogP contribution is -2.30. The number of halogens is 1. The molecule has 0 spiro atoms. The Morgan fingerprint density at radius 2 is 1.64 bits per heavy atom. The molecule has 1 fully saturated rings. The van der Waals surface area contributed by atoms with Crippen molar-refractivity contribution >= 4 is 29.1 Å². The van der Waals surface area contributed by atoms with E-state index in [4.69, 9.17) is 25.8 Å². The Morgan fingerprint density at radius 3 is 2.28 bits per heavy atom. The van der Waals surface area contributed by atoms with Gasteiger partial charge in [-0.2, -0.15) is 0 Å². The van der Waals surface area contributed by atoms with Crippen LogP contribution < -0.4 is 14.2 Å². The third-order valence-corrected chi connectivity index (χ3v) is 6.65. The Balaban J connectivity index is 1.91. The number of carbonyl (C=O) groups excluding carboxylic acids is 2. The zero-order valence-electron chi connectivity index (χ0n) is 22.9. The minimum absolute atomic E-state index is 0.0532. The first-order chi connectivity index (χ1) is 18.4. The zero-order valence-corrected chi connectivity index (χ0v) is 23.6. The van der Waals surface area contributed by atoms with E-state index in [-0.39, 0.29) is 40.0 Å². The highest BCUT2D eigenvalue weighted by Crippen LogP contribution is 2.44. The maximum absolute atomic E-state index is 13.6. The largest absolute Gasteiger partial charge is 0.507 e. The van der Waals surface area contributed by atoms with E-state index in [0.717, 1.165) is 11.1 Å². The molecule has 7 nitrogen and oxygen atoms in total. The number of methoxy groups -OCH3 is 2. The second-order valence-corrected chi connectivity index (χ2v) is 10.8. The van der Waals surface area contributed by atoms with Crippen LogP contribution in [0.5, 0.6) is 17.2 Å². The minimum Gasteiger partial charge on any atom is -0.507 e. The van der Waals surface area contributed by atoms with Crippen molar-refractivity contribution in [1.82, 2.24) is 4.90 Å². The normalized spacial score (nSPS) is 16.9. The number of aliphatic hydroxyl groups is 1. The van der Waals surface area contributed by atoms with Gasteiger partial charge in [-0.25, -0.2) is 0 Å². The summed E-state index contributed by atoms with van der Waals surface area (Å²) in [5, 5.41) is 11.9. The number of likely N-dealkylation sites (tertiary alicyclic amines) is 1. The summed E-state index contributed by atoms with van der Waals surface area (Å²) in [5.41, 5.74) is 2.03. The number of aryl methyl sites for hydroxylation is 1. The van der Waals surface area contributed by atoms with Crippen molar-refractivity contribution in [2.45, 2.75) is 45.9 Å². The SMILES string of the molecule is COc1cc(/C(O)=C2\C(=O)C(=O)N(Cc3ccccc3OC(C)(C)C)C2c2cccc(C)c2)c(OC)cc1Cl. The molecule has 204 valence electrons. The van der Waals surface area contributed by atoms with E-state index >= 15 is 0 Å². The summed E-state index contributed by atoms with van der Waals surface area (Å²) >= 11 is 6.27. The molecule has 0 saturated carbocycles. The molecule has 1 amide bonds. The number of aliphatic hydroxyl groups excluding tert-OH is 1. The van der Waals surface area contributed by atoms with Crippen LogP contribution in [0.25, 0.3) is 5.76 Å². The van der Waals surface area contributed by atoms with Gasteiger partial charge in [0, 0.05) is 11.6 Å². The molecule has 0 bridgehead atoms. The molecule has 3 aromatic carbocycles. The molecule has 1 aliphatic heterocycles. The predicted molar refractivity (Wildman–Crippen MR) is 150 cm³/mol. The van der Waals surface area contributed by atoms with Gasteiger partial charge in [0.05, 0.1) is 43.0 Å². The van der Waals surface area contributed by atoms with Gasteiger partial charge in [0.15, 0.2) is 0 Å². The summed E-state index contributed by atoms with van der Waals surface area (Å²) in [7, 11) is 2.87. The third kappa shape index (κ3) is 5.73. The summed E-state index contributed by atoms with van der Waals surface area (Å²) in [6.07, 6.45) is 0. The Morgan fingerprint density at radius 1 is 0.949 bits per heavy atom. The lowest BCUT2D eigenvalue weighted by atomic mass is 9.94. The van der Waals surface area contributed by atoms with Crippen molar-refractivity contribution in [2.24, 2.45) is 0 Å². The van der Waals surface area contributed by atoms with Crippen molar-refractivity contribution in [1.29, 1.82) is 0 Å². The highest BCUT2D eigenvalue weighted by atomic mass is 35.5. The van der Waals surface area contributed by atoms with Crippen LogP contribution in [0, 0.1) is 6.92 Å². The standard InChI is InChI=1S/C31H32ClNO6/c1-18-10-9-12-19(14-18)27-26(28(34)21-15-25(38-6)22(32)16-24(21)37-5)29(35)30(36)33(27)17-20-11-7-8-13-23(20)39-31(2,3)4/h7-16,27,34H,17H2,1-6H3/b28-26+. The van der Waals surface area contributed by atoms with Gasteiger partial charge in [-0.15, -0.1) is 0 Å². The van der Waals surface area contributed by atoms with E-state index in [1.54, 1.807) is 0 Å². The molecule has 8 heteroatoms. The molecule has 0 aromatic heterocycles. The van der Waals surface area contributed by atoms with Crippen LogP contribution in [-0.2, 0) is 16.1 Å². The van der Waals surface area contributed by atoms with Gasteiger partial charge in [-0.1, -0.05) is 59.6 Å². The second kappa shape index (κ2) is 11.0. The highest BCUT2D eigenvalue weighted by molar-refractivity contribution is 6.46. The molecule has 1 aliphatic rings. The fraction of sp³-hybridized carbons (Fsp3) is 0.290. The Kier molecular flexibility index (Phi) is 7.93. The average molecular weight is 550 g/mol. The van der Waals surface area contributed by atoms with E-state index in [9.17, 15) is 14.7 Å². The molecule has 3 aromatic rings. The first kappa shape index (κ1) is 28.0. The van der Waals surface area contributed by atoms with Gasteiger partial charge in [-0.3, -0.25) is 9.59 Å². The van der Waals surface area contributed by atoms with E-state index in [0.29, 0.717) is 11.3 Å². The molecule has 1 heterocycles. The summed E-state index contributed by atoms with van der Waals surface area (Å²) in [6.45, 7) is 7.84. The van der Waals surface area contributed by atoms with Gasteiger partial charge in [-0.05, 0) is 45.4 Å². The Labute approximate surface area is 233 Å². The van der Waals surface area contributed by atoms with Crippen LogP contribution in [0.1, 0.15) is 49.1 Å². The number of para-hydroxylation sites is 1. The number of Topliss-reactive ketones (excluding diaryl/α,β-unsaturated/α-hetero) is 1. The molecule has 4 rings (SSSR count). The van der Waals surface area contributed by atoms with Gasteiger partial charge < -0.3 is 24.2 Å². The molecule has 1 atom stereocenters. The topological polar surface area (TPSA) is 85.3 Å². The lowest BCUT2D eigenvalue weighted by Gasteiger charge is -2.28. The summed E-state index contributed by atoms with van der Waals surface area (Å²) in [4.78, 5) is 28.6. The lowest BCUT2D eigenvalue weighted by molar-refractivity contribution is -0.140. The molecule has 1 N–H and O–H groups in total. The van der Waals surface area contributed by atoms with Crippen molar-refractivity contribution < 1.29 is 28.9 Å². The first-order valence-corrected chi connectivity index (χ1v) is 12.9. The Bertz CT molecular complexity index is 1460. The summed E-state index contributed by atoms with van der Waals surface area (Å²) in [6, 6.07) is 17.0. The fourth-order valence-corrected chi connectivity index (χ4v) is 4.90. The number of nitrogens with zero attached hydrogens (tertiary/aromatic N) is 1. The highest BCUT2D eigenvalue weighted by Gasteiger charge is 2.46. The fourth-order valence-electron chi connectivity index (χ4n) is 4.67. The van der Waals surface area contributed by atoms with Crippen LogP contribution in [0.2, 0.25) is 5.02 Å². The molecule has 0 radical (unpaired) electrons. The van der Waals surface area contributed by atoms with Crippen LogP contribution in [0.3, 0.4) is 0 Å². The summed E-state index contributed by atoms with van der Waals surface area (Å²) in [5.74, 6) is -0.782. The predicted octanol–water partition coefficient (Wildman–Crippen LogP) is 6.46. The number of hydrogen-bond donors (Lipinski definition) is 1. The molecule has 1 saturated heterocycles. The smallest absolute Gasteiger partial charge is 0.295 e. The van der Waals surface area contributed by atoms with Crippen molar-refractivity contribution in [3.63, 3.8) is 0 Å². The molecule has 1 unspecified atom stereocenters. The summed E-state index contributed by atoms with van der Waals surface area (Å²) < 4.78 is 16.9. The maximum Gasteiger partial charge on any atom is 0.295 e. The van der Waals surface area contributed by atoms with E-state index in [2.05, 4.69) is 0 Å². The quantitative estimate of drug-likeness (QED) is 0.207. The van der Waals surface area contributed by atoms with Gasteiger partial charge >= 0.3 is 0 Å². The molecular weight excluding hydrogens is 518 g/mol. The van der Waals surface area contributed by atoms with Gasteiger partial charge in [0.2, 0.25) is 0 Å². The van der Waals surface area contributed by atoms with Crippen molar-refractivity contribution in [3.05, 3.63) is 93.5 Å². The van der Waals surface area contributed by atoms with Crippen LogP contribution in [-0.4, -0.2) is 41.5 Å². The average Bonchev–Trinajstić information content (AvgIpc) is 3.13. The number of benzene rings is 3. The van der Waals surface area contributed by atoms with E-state index in [1.165, 1.54) is 31.3 Å². The van der Waals surface area contributed by atoms with Crippen LogP contribution in [0.15, 0.2) is 66.2 Å². The number of ketones is 1. The number of ether oxygens (including phenoxy) is 3. The number of amides is 1.